The summed E-state index contributed by atoms with van der Waals surface area (Å²) in [5.41, 5.74) is 7.11. The number of thiophene rings is 1. The SMILES string of the molecule is COc1cc(Cl)ccc1C(N)c1cc(Br)c(Cl)s1. The number of hydrogen-bond donors (Lipinski definition) is 1. The molecule has 0 aliphatic rings. The van der Waals surface area contributed by atoms with Crippen molar-refractivity contribution >= 4 is 50.5 Å². The Hall–Kier alpha value is -0.260. The summed E-state index contributed by atoms with van der Waals surface area (Å²) in [6.07, 6.45) is 0. The Morgan fingerprint density at radius 2 is 2.06 bits per heavy atom. The fourth-order valence-electron chi connectivity index (χ4n) is 1.61. The van der Waals surface area contributed by atoms with Crippen LogP contribution in [0.2, 0.25) is 9.36 Å². The molecule has 18 heavy (non-hydrogen) atoms. The lowest BCUT2D eigenvalue weighted by molar-refractivity contribution is 0.408. The van der Waals surface area contributed by atoms with Crippen molar-refractivity contribution in [3.8, 4) is 5.75 Å². The molecule has 96 valence electrons. The predicted molar refractivity (Wildman–Crippen MR) is 81.1 cm³/mol. The Morgan fingerprint density at radius 1 is 1.33 bits per heavy atom. The number of ether oxygens (including phenoxy) is 1. The Balaban J connectivity index is 2.42. The van der Waals surface area contributed by atoms with Gasteiger partial charge in [0.15, 0.2) is 0 Å². The monoisotopic (exact) mass is 365 g/mol. The quantitative estimate of drug-likeness (QED) is 0.840. The third-order valence-corrected chi connectivity index (χ3v) is 5.29. The van der Waals surface area contributed by atoms with Crippen molar-refractivity contribution in [2.75, 3.05) is 7.11 Å². The predicted octanol–water partition coefficient (Wildman–Crippen LogP) is 4.87. The van der Waals surface area contributed by atoms with E-state index in [2.05, 4.69) is 15.9 Å². The van der Waals surface area contributed by atoms with Crippen LogP contribution >= 0.6 is 50.5 Å². The van der Waals surface area contributed by atoms with Crippen LogP contribution in [0, 0.1) is 0 Å². The van der Waals surface area contributed by atoms with Gasteiger partial charge >= 0.3 is 0 Å². The van der Waals surface area contributed by atoms with Crippen molar-refractivity contribution in [3.63, 3.8) is 0 Å². The first-order valence-electron chi connectivity index (χ1n) is 5.06. The van der Waals surface area contributed by atoms with E-state index in [0.717, 1.165) is 14.9 Å². The van der Waals surface area contributed by atoms with E-state index in [1.54, 1.807) is 19.2 Å². The van der Waals surface area contributed by atoms with E-state index < -0.39 is 0 Å². The van der Waals surface area contributed by atoms with Crippen LogP contribution in [0.15, 0.2) is 28.7 Å². The van der Waals surface area contributed by atoms with Crippen molar-refractivity contribution in [2.24, 2.45) is 5.73 Å². The fraction of sp³-hybridized carbons (Fsp3) is 0.167. The van der Waals surface area contributed by atoms with Gasteiger partial charge in [0.25, 0.3) is 0 Å². The minimum Gasteiger partial charge on any atom is -0.496 e. The number of rotatable bonds is 3. The zero-order chi connectivity index (χ0) is 13.3. The second-order valence-corrected chi connectivity index (χ2v) is 6.61. The molecule has 0 spiro atoms. The standard InChI is InChI=1S/C12H10BrCl2NOS/c1-17-9-4-6(14)2-3-7(9)11(16)10-5-8(13)12(15)18-10/h2-5,11H,16H2,1H3. The minimum absolute atomic E-state index is 0.286. The van der Waals surface area contributed by atoms with Gasteiger partial charge in [-0.05, 0) is 34.1 Å². The first kappa shape index (κ1) is 14.2. The number of benzene rings is 1. The molecule has 2 nitrogen and oxygen atoms in total. The molecule has 0 bridgehead atoms. The molecule has 0 saturated carbocycles. The molecule has 0 fully saturated rings. The van der Waals surface area contributed by atoms with E-state index in [0.29, 0.717) is 15.1 Å². The van der Waals surface area contributed by atoms with Crippen LogP contribution in [0.25, 0.3) is 0 Å². The molecular formula is C12H10BrCl2NOS. The molecule has 0 radical (unpaired) electrons. The molecule has 6 heteroatoms. The van der Waals surface area contributed by atoms with Crippen LogP contribution in [-0.2, 0) is 0 Å². The molecule has 0 aliphatic heterocycles. The molecule has 1 atom stereocenters. The van der Waals surface area contributed by atoms with Crippen LogP contribution in [0.1, 0.15) is 16.5 Å². The number of hydrogen-bond acceptors (Lipinski definition) is 3. The van der Waals surface area contributed by atoms with E-state index in [1.807, 2.05) is 12.1 Å². The third kappa shape index (κ3) is 2.83. The molecule has 0 aliphatic carbocycles. The summed E-state index contributed by atoms with van der Waals surface area (Å²) < 4.78 is 6.84. The van der Waals surface area contributed by atoms with Crippen LogP contribution < -0.4 is 10.5 Å². The normalized spacial score (nSPS) is 12.5. The highest BCUT2D eigenvalue weighted by Crippen LogP contribution is 2.38. The molecule has 1 unspecified atom stereocenters. The summed E-state index contributed by atoms with van der Waals surface area (Å²) in [4.78, 5) is 0.965. The molecular weight excluding hydrogens is 357 g/mol. The Bertz CT molecular complexity index is 554. The van der Waals surface area contributed by atoms with E-state index in [4.69, 9.17) is 33.7 Å². The largest absolute Gasteiger partial charge is 0.496 e. The van der Waals surface area contributed by atoms with E-state index >= 15 is 0 Å². The smallest absolute Gasteiger partial charge is 0.125 e. The second kappa shape index (κ2) is 5.80. The highest BCUT2D eigenvalue weighted by atomic mass is 79.9. The van der Waals surface area contributed by atoms with Gasteiger partial charge < -0.3 is 10.5 Å². The van der Waals surface area contributed by atoms with E-state index in [1.165, 1.54) is 11.3 Å². The van der Waals surface area contributed by atoms with E-state index in [9.17, 15) is 0 Å². The lowest BCUT2D eigenvalue weighted by Crippen LogP contribution is -2.11. The lowest BCUT2D eigenvalue weighted by atomic mass is 10.1. The highest BCUT2D eigenvalue weighted by Gasteiger charge is 2.17. The first-order valence-corrected chi connectivity index (χ1v) is 7.43. The molecule has 1 aromatic carbocycles. The Kier molecular flexibility index (Phi) is 4.56. The van der Waals surface area contributed by atoms with Crippen LogP contribution in [-0.4, -0.2) is 7.11 Å². The molecule has 2 rings (SSSR count). The fourth-order valence-corrected chi connectivity index (χ4v) is 3.53. The first-order chi connectivity index (χ1) is 8.52. The maximum absolute atomic E-state index is 6.23. The van der Waals surface area contributed by atoms with Gasteiger partial charge in [-0.3, -0.25) is 0 Å². The molecule has 1 heterocycles. The van der Waals surface area contributed by atoms with Gasteiger partial charge in [0.2, 0.25) is 0 Å². The second-order valence-electron chi connectivity index (χ2n) is 3.63. The molecule has 2 N–H and O–H groups in total. The van der Waals surface area contributed by atoms with Gasteiger partial charge in [0, 0.05) is 19.9 Å². The number of methoxy groups -OCH3 is 1. The summed E-state index contributed by atoms with van der Waals surface area (Å²) >= 11 is 16.8. The summed E-state index contributed by atoms with van der Waals surface area (Å²) in [6, 6.07) is 7.05. The van der Waals surface area contributed by atoms with Crippen LogP contribution in [0.5, 0.6) is 5.75 Å². The summed E-state index contributed by atoms with van der Waals surface area (Å²) in [7, 11) is 1.60. The van der Waals surface area contributed by atoms with Gasteiger partial charge in [0.05, 0.1) is 13.2 Å². The maximum atomic E-state index is 6.23. The van der Waals surface area contributed by atoms with Crippen LogP contribution in [0.4, 0.5) is 0 Å². The number of halogens is 3. The molecule has 2 aromatic rings. The summed E-state index contributed by atoms with van der Waals surface area (Å²) in [5, 5.41) is 0.619. The maximum Gasteiger partial charge on any atom is 0.125 e. The minimum atomic E-state index is -0.286. The van der Waals surface area contributed by atoms with Crippen molar-refractivity contribution in [2.45, 2.75) is 6.04 Å². The van der Waals surface area contributed by atoms with Gasteiger partial charge in [-0.15, -0.1) is 11.3 Å². The van der Waals surface area contributed by atoms with Crippen molar-refractivity contribution < 1.29 is 4.74 Å². The molecule has 1 aromatic heterocycles. The van der Waals surface area contributed by atoms with Gasteiger partial charge in [-0.1, -0.05) is 29.3 Å². The topological polar surface area (TPSA) is 35.2 Å². The zero-order valence-electron chi connectivity index (χ0n) is 9.41. The Morgan fingerprint density at radius 3 is 2.61 bits per heavy atom. The molecule has 0 amide bonds. The zero-order valence-corrected chi connectivity index (χ0v) is 13.3. The van der Waals surface area contributed by atoms with Crippen molar-refractivity contribution in [1.82, 2.24) is 0 Å². The van der Waals surface area contributed by atoms with Crippen molar-refractivity contribution in [1.29, 1.82) is 0 Å². The lowest BCUT2D eigenvalue weighted by Gasteiger charge is -2.14. The van der Waals surface area contributed by atoms with Crippen LogP contribution in [0.3, 0.4) is 0 Å². The number of nitrogens with two attached hydrogens (primary N) is 1. The van der Waals surface area contributed by atoms with Gasteiger partial charge in [0.1, 0.15) is 10.1 Å². The molecule has 0 saturated heterocycles. The van der Waals surface area contributed by atoms with Gasteiger partial charge in [-0.2, -0.15) is 0 Å². The summed E-state index contributed by atoms with van der Waals surface area (Å²) in [6.45, 7) is 0. The average molecular weight is 367 g/mol. The average Bonchev–Trinajstić information content (AvgIpc) is 2.68. The Labute approximate surface area is 128 Å². The van der Waals surface area contributed by atoms with E-state index in [-0.39, 0.29) is 6.04 Å². The summed E-state index contributed by atoms with van der Waals surface area (Å²) in [5.74, 6) is 0.677. The van der Waals surface area contributed by atoms with Gasteiger partial charge in [-0.25, -0.2) is 0 Å². The highest BCUT2D eigenvalue weighted by molar-refractivity contribution is 9.10. The third-order valence-electron chi connectivity index (χ3n) is 2.50. The van der Waals surface area contributed by atoms with Crippen molar-refractivity contribution in [3.05, 3.63) is 48.5 Å².